The molecule has 0 aliphatic heterocycles. The van der Waals surface area contributed by atoms with Crippen molar-refractivity contribution < 1.29 is 0 Å². The highest BCUT2D eigenvalue weighted by molar-refractivity contribution is 14.1. The molecule has 0 saturated heterocycles. The number of benzene rings is 2. The van der Waals surface area contributed by atoms with Crippen molar-refractivity contribution in [3.63, 3.8) is 0 Å². The highest BCUT2D eigenvalue weighted by atomic mass is 127. The molecule has 2 N–H and O–H groups in total. The number of nitrogen functional groups attached to an aromatic ring is 1. The molecule has 3 nitrogen and oxygen atoms in total. The third kappa shape index (κ3) is 2.64. The van der Waals surface area contributed by atoms with Crippen LogP contribution in [0.2, 0.25) is 0 Å². The van der Waals surface area contributed by atoms with Crippen LogP contribution in [-0.4, -0.2) is 9.55 Å². The van der Waals surface area contributed by atoms with E-state index in [2.05, 4.69) is 65.3 Å². The van der Waals surface area contributed by atoms with Crippen LogP contribution in [0.5, 0.6) is 0 Å². The number of rotatable bonds is 3. The minimum absolute atomic E-state index is 0.778. The summed E-state index contributed by atoms with van der Waals surface area (Å²) in [5, 5.41) is 0. The monoisotopic (exact) mass is 391 g/mol. The lowest BCUT2D eigenvalue weighted by Crippen LogP contribution is -2.02. The molecule has 4 heteroatoms. The molecule has 2 aromatic carbocycles. The molecular weight excluding hydrogens is 373 g/mol. The fourth-order valence-corrected chi connectivity index (χ4v) is 3.11. The van der Waals surface area contributed by atoms with Crippen LogP contribution in [0.4, 0.5) is 5.69 Å². The number of aryl methyl sites for hydroxylation is 2. The Morgan fingerprint density at radius 1 is 1.19 bits per heavy atom. The molecule has 21 heavy (non-hydrogen) atoms. The van der Waals surface area contributed by atoms with E-state index in [1.165, 1.54) is 14.7 Å². The van der Waals surface area contributed by atoms with E-state index in [-0.39, 0.29) is 0 Å². The largest absolute Gasteiger partial charge is 0.398 e. The maximum Gasteiger partial charge on any atom is 0.143 e. The standard InChI is InChI=1S/C17H18IN3/c1-3-8-21-16-7-4-11(2)9-15(16)20-17(21)13-10-12(18)5-6-14(13)19/h4-7,9-10H,3,8,19H2,1-2H3. The zero-order chi connectivity index (χ0) is 15.0. The van der Waals surface area contributed by atoms with Gasteiger partial charge in [-0.2, -0.15) is 0 Å². The number of fused-ring (bicyclic) bond motifs is 1. The van der Waals surface area contributed by atoms with E-state index >= 15 is 0 Å². The van der Waals surface area contributed by atoms with Crippen molar-refractivity contribution in [1.82, 2.24) is 9.55 Å². The van der Waals surface area contributed by atoms with Gasteiger partial charge in [0.15, 0.2) is 0 Å². The Balaban J connectivity index is 2.30. The van der Waals surface area contributed by atoms with Crippen LogP contribution in [0.25, 0.3) is 22.4 Å². The van der Waals surface area contributed by atoms with Gasteiger partial charge in [-0.3, -0.25) is 0 Å². The number of nitrogens with zero attached hydrogens (tertiary/aromatic N) is 2. The number of hydrogen-bond acceptors (Lipinski definition) is 2. The van der Waals surface area contributed by atoms with Crippen molar-refractivity contribution >= 4 is 39.3 Å². The Morgan fingerprint density at radius 3 is 2.76 bits per heavy atom. The number of anilines is 1. The third-order valence-electron chi connectivity index (χ3n) is 3.61. The SMILES string of the molecule is CCCn1c(-c2cc(I)ccc2N)nc2cc(C)ccc21. The quantitative estimate of drug-likeness (QED) is 0.524. The van der Waals surface area contributed by atoms with Crippen LogP contribution in [0.3, 0.4) is 0 Å². The number of imidazole rings is 1. The Kier molecular flexibility index (Phi) is 3.89. The summed E-state index contributed by atoms with van der Waals surface area (Å²) < 4.78 is 3.44. The van der Waals surface area contributed by atoms with Gasteiger partial charge in [-0.05, 0) is 71.8 Å². The van der Waals surface area contributed by atoms with E-state index in [1.54, 1.807) is 0 Å². The highest BCUT2D eigenvalue weighted by Crippen LogP contribution is 2.30. The van der Waals surface area contributed by atoms with E-state index in [1.807, 2.05) is 12.1 Å². The van der Waals surface area contributed by atoms with Crippen LogP contribution in [0.1, 0.15) is 18.9 Å². The van der Waals surface area contributed by atoms with Gasteiger partial charge < -0.3 is 10.3 Å². The second kappa shape index (κ2) is 5.67. The van der Waals surface area contributed by atoms with E-state index in [4.69, 9.17) is 10.7 Å². The normalized spacial score (nSPS) is 11.2. The molecule has 0 unspecified atom stereocenters. The first kappa shape index (κ1) is 14.4. The maximum absolute atomic E-state index is 6.18. The van der Waals surface area contributed by atoms with Crippen LogP contribution in [0, 0.1) is 10.5 Å². The summed E-state index contributed by atoms with van der Waals surface area (Å²) in [5.41, 5.74) is 11.4. The molecule has 0 aliphatic rings. The van der Waals surface area contributed by atoms with Gasteiger partial charge in [-0.1, -0.05) is 13.0 Å². The predicted octanol–water partition coefficient (Wildman–Crippen LogP) is 4.61. The van der Waals surface area contributed by atoms with Gasteiger partial charge in [-0.15, -0.1) is 0 Å². The lowest BCUT2D eigenvalue weighted by atomic mass is 10.1. The molecule has 0 amide bonds. The van der Waals surface area contributed by atoms with Crippen molar-refractivity contribution in [2.75, 3.05) is 5.73 Å². The topological polar surface area (TPSA) is 43.8 Å². The summed E-state index contributed by atoms with van der Waals surface area (Å²) in [6.45, 7) is 5.22. The molecule has 108 valence electrons. The minimum Gasteiger partial charge on any atom is -0.398 e. The van der Waals surface area contributed by atoms with Gasteiger partial charge >= 0.3 is 0 Å². The van der Waals surface area contributed by atoms with Crippen LogP contribution >= 0.6 is 22.6 Å². The van der Waals surface area contributed by atoms with E-state index in [0.717, 1.165) is 35.6 Å². The molecule has 1 heterocycles. The molecule has 3 rings (SSSR count). The minimum atomic E-state index is 0.778. The van der Waals surface area contributed by atoms with Gasteiger partial charge in [0.25, 0.3) is 0 Å². The first-order chi connectivity index (χ1) is 10.1. The highest BCUT2D eigenvalue weighted by Gasteiger charge is 2.14. The summed E-state index contributed by atoms with van der Waals surface area (Å²) in [6.07, 6.45) is 1.07. The van der Waals surface area contributed by atoms with E-state index in [0.29, 0.717) is 0 Å². The van der Waals surface area contributed by atoms with Gasteiger partial charge in [0, 0.05) is 21.4 Å². The summed E-state index contributed by atoms with van der Waals surface area (Å²) in [6, 6.07) is 12.5. The Labute approximate surface area is 138 Å². The molecule has 0 saturated carbocycles. The predicted molar refractivity (Wildman–Crippen MR) is 97.3 cm³/mol. The van der Waals surface area contributed by atoms with Crippen LogP contribution in [-0.2, 0) is 6.54 Å². The van der Waals surface area contributed by atoms with Crippen LogP contribution < -0.4 is 5.73 Å². The maximum atomic E-state index is 6.18. The van der Waals surface area contributed by atoms with Crippen molar-refractivity contribution in [2.45, 2.75) is 26.8 Å². The van der Waals surface area contributed by atoms with Crippen molar-refractivity contribution in [2.24, 2.45) is 0 Å². The Hall–Kier alpha value is -1.56. The second-order valence-corrected chi connectivity index (χ2v) is 6.56. The van der Waals surface area contributed by atoms with Crippen molar-refractivity contribution in [3.05, 3.63) is 45.5 Å². The molecule has 0 fully saturated rings. The number of halogens is 1. The van der Waals surface area contributed by atoms with Crippen molar-refractivity contribution in [1.29, 1.82) is 0 Å². The average Bonchev–Trinajstić information content (AvgIpc) is 2.80. The molecule has 0 bridgehead atoms. The first-order valence-corrected chi connectivity index (χ1v) is 8.20. The first-order valence-electron chi connectivity index (χ1n) is 7.12. The van der Waals surface area contributed by atoms with E-state index < -0.39 is 0 Å². The molecule has 0 aliphatic carbocycles. The lowest BCUT2D eigenvalue weighted by Gasteiger charge is -2.10. The number of hydrogen-bond donors (Lipinski definition) is 1. The summed E-state index contributed by atoms with van der Waals surface area (Å²) in [5.74, 6) is 0.966. The third-order valence-corrected chi connectivity index (χ3v) is 4.28. The summed E-state index contributed by atoms with van der Waals surface area (Å²) >= 11 is 2.31. The number of nitrogens with two attached hydrogens (primary N) is 1. The van der Waals surface area contributed by atoms with Gasteiger partial charge in [0.1, 0.15) is 5.82 Å². The zero-order valence-electron chi connectivity index (χ0n) is 12.2. The number of aromatic nitrogens is 2. The smallest absolute Gasteiger partial charge is 0.143 e. The fourth-order valence-electron chi connectivity index (χ4n) is 2.62. The second-order valence-electron chi connectivity index (χ2n) is 5.31. The molecule has 0 radical (unpaired) electrons. The lowest BCUT2D eigenvalue weighted by molar-refractivity contribution is 0.704. The van der Waals surface area contributed by atoms with E-state index in [9.17, 15) is 0 Å². The molecule has 0 spiro atoms. The fraction of sp³-hybridized carbons (Fsp3) is 0.235. The van der Waals surface area contributed by atoms with Crippen LogP contribution in [0.15, 0.2) is 36.4 Å². The molecule has 1 aromatic heterocycles. The van der Waals surface area contributed by atoms with Crippen molar-refractivity contribution in [3.8, 4) is 11.4 Å². The van der Waals surface area contributed by atoms with Gasteiger partial charge in [0.05, 0.1) is 11.0 Å². The molecule has 3 aromatic rings. The molecular formula is C17H18IN3. The summed E-state index contributed by atoms with van der Waals surface area (Å²) in [7, 11) is 0. The molecule has 0 atom stereocenters. The van der Waals surface area contributed by atoms with Gasteiger partial charge in [0.2, 0.25) is 0 Å². The van der Waals surface area contributed by atoms with Gasteiger partial charge in [-0.25, -0.2) is 4.98 Å². The average molecular weight is 391 g/mol. The Morgan fingerprint density at radius 2 is 2.00 bits per heavy atom. The summed E-state index contributed by atoms with van der Waals surface area (Å²) in [4.78, 5) is 4.84. The zero-order valence-corrected chi connectivity index (χ0v) is 14.4. The Bertz CT molecular complexity index is 805.